The minimum atomic E-state index is -4.22. The molecule has 0 spiro atoms. The highest BCUT2D eigenvalue weighted by Crippen LogP contribution is 2.43. The van der Waals surface area contributed by atoms with Crippen LogP contribution in [-0.2, 0) is 0 Å². The summed E-state index contributed by atoms with van der Waals surface area (Å²) in [6, 6.07) is 4.99. The average Bonchev–Trinajstić information content (AvgIpc) is 2.57. The van der Waals surface area contributed by atoms with Gasteiger partial charge in [-0.05, 0) is 47.9 Å². The van der Waals surface area contributed by atoms with Gasteiger partial charge in [-0.1, -0.05) is 31.6 Å². The molecule has 1 aliphatic heterocycles. The topological polar surface area (TPSA) is 15.3 Å². The molecule has 1 heterocycles. The van der Waals surface area contributed by atoms with Gasteiger partial charge in [0.1, 0.15) is 11.9 Å². The fraction of sp³-hybridized carbons (Fsp3) is 0.600. The standard InChI is InChI=1S/C20H26F4N2/c1-19(2)8-7-15(17(11-19)14-3-5-16(21)6-4-14)12-26-10-9-25-18(13-26)20(22,23)24/h3-6,18,25H,7-13H2,1-2H3. The first-order valence-corrected chi connectivity index (χ1v) is 9.13. The Hall–Kier alpha value is -1.40. The maximum Gasteiger partial charge on any atom is 0.405 e. The first kappa shape index (κ1) is 19.4. The van der Waals surface area contributed by atoms with Gasteiger partial charge in [0.25, 0.3) is 0 Å². The van der Waals surface area contributed by atoms with E-state index in [1.807, 2.05) is 4.90 Å². The third-order valence-corrected chi connectivity index (χ3v) is 5.45. The Morgan fingerprint density at radius 1 is 1.19 bits per heavy atom. The maximum absolute atomic E-state index is 13.3. The third kappa shape index (κ3) is 4.65. The van der Waals surface area contributed by atoms with Crippen molar-refractivity contribution in [1.82, 2.24) is 10.2 Å². The van der Waals surface area contributed by atoms with E-state index in [4.69, 9.17) is 0 Å². The largest absolute Gasteiger partial charge is 0.405 e. The van der Waals surface area contributed by atoms with E-state index in [2.05, 4.69) is 19.2 Å². The van der Waals surface area contributed by atoms with E-state index in [9.17, 15) is 17.6 Å². The summed E-state index contributed by atoms with van der Waals surface area (Å²) in [7, 11) is 0. The molecule has 1 saturated heterocycles. The normalized spacial score (nSPS) is 24.8. The van der Waals surface area contributed by atoms with E-state index in [1.54, 1.807) is 12.1 Å². The predicted octanol–water partition coefficient (Wildman–Crippen LogP) is 4.63. The van der Waals surface area contributed by atoms with Gasteiger partial charge in [-0.3, -0.25) is 4.90 Å². The second-order valence-corrected chi connectivity index (χ2v) is 8.21. The van der Waals surface area contributed by atoms with E-state index in [0.29, 0.717) is 19.6 Å². The van der Waals surface area contributed by atoms with Gasteiger partial charge in [0.2, 0.25) is 0 Å². The fourth-order valence-electron chi connectivity index (χ4n) is 3.91. The smallest absolute Gasteiger partial charge is 0.304 e. The SMILES string of the molecule is CC1(C)CCC(CN2CCNC(C(F)(F)F)C2)=C(c2ccc(F)cc2)C1. The molecule has 1 aromatic carbocycles. The Bertz CT molecular complexity index is 661. The van der Waals surface area contributed by atoms with Gasteiger partial charge in [-0.2, -0.15) is 13.2 Å². The minimum Gasteiger partial charge on any atom is -0.304 e. The molecule has 3 rings (SSSR count). The average molecular weight is 370 g/mol. The lowest BCUT2D eigenvalue weighted by atomic mass is 9.72. The van der Waals surface area contributed by atoms with Crippen molar-refractivity contribution in [1.29, 1.82) is 0 Å². The Labute approximate surface area is 152 Å². The molecule has 0 saturated carbocycles. The van der Waals surface area contributed by atoms with Crippen molar-refractivity contribution in [3.05, 3.63) is 41.2 Å². The van der Waals surface area contributed by atoms with Crippen LogP contribution in [0.25, 0.3) is 5.57 Å². The highest BCUT2D eigenvalue weighted by atomic mass is 19.4. The molecule has 1 fully saturated rings. The van der Waals surface area contributed by atoms with Gasteiger partial charge >= 0.3 is 6.18 Å². The first-order chi connectivity index (χ1) is 12.1. The summed E-state index contributed by atoms with van der Waals surface area (Å²) < 4.78 is 52.4. The summed E-state index contributed by atoms with van der Waals surface area (Å²) in [6.45, 7) is 5.89. The Balaban J connectivity index is 1.83. The molecule has 6 heteroatoms. The van der Waals surface area contributed by atoms with Crippen LogP contribution < -0.4 is 5.32 Å². The Kier molecular flexibility index (Phi) is 5.45. The summed E-state index contributed by atoms with van der Waals surface area (Å²) >= 11 is 0. The Morgan fingerprint density at radius 2 is 1.88 bits per heavy atom. The lowest BCUT2D eigenvalue weighted by molar-refractivity contribution is -0.164. The van der Waals surface area contributed by atoms with E-state index < -0.39 is 12.2 Å². The van der Waals surface area contributed by atoms with Crippen molar-refractivity contribution in [2.75, 3.05) is 26.2 Å². The van der Waals surface area contributed by atoms with Crippen LogP contribution >= 0.6 is 0 Å². The number of nitrogens with one attached hydrogen (secondary N) is 1. The number of rotatable bonds is 3. The number of hydrogen-bond donors (Lipinski definition) is 1. The third-order valence-electron chi connectivity index (χ3n) is 5.45. The lowest BCUT2D eigenvalue weighted by Crippen LogP contribution is -2.57. The first-order valence-electron chi connectivity index (χ1n) is 9.13. The van der Waals surface area contributed by atoms with Gasteiger partial charge in [0.15, 0.2) is 0 Å². The quantitative estimate of drug-likeness (QED) is 0.781. The van der Waals surface area contributed by atoms with Crippen LogP contribution in [0.4, 0.5) is 17.6 Å². The zero-order valence-corrected chi connectivity index (χ0v) is 15.3. The second-order valence-electron chi connectivity index (χ2n) is 8.21. The van der Waals surface area contributed by atoms with Crippen LogP contribution in [0.2, 0.25) is 0 Å². The van der Waals surface area contributed by atoms with E-state index >= 15 is 0 Å². The molecule has 26 heavy (non-hydrogen) atoms. The van der Waals surface area contributed by atoms with Crippen molar-refractivity contribution in [2.45, 2.75) is 45.3 Å². The highest BCUT2D eigenvalue weighted by molar-refractivity contribution is 5.70. The van der Waals surface area contributed by atoms with E-state index in [1.165, 1.54) is 23.3 Å². The maximum atomic E-state index is 13.3. The summed E-state index contributed by atoms with van der Waals surface area (Å²) in [5.74, 6) is -0.277. The molecule has 1 unspecified atom stereocenters. The molecule has 1 aromatic rings. The molecule has 0 aromatic heterocycles. The minimum absolute atomic E-state index is 0.0207. The monoisotopic (exact) mass is 370 g/mol. The van der Waals surface area contributed by atoms with Gasteiger partial charge in [0, 0.05) is 26.2 Å². The van der Waals surface area contributed by atoms with E-state index in [-0.39, 0.29) is 17.8 Å². The number of allylic oxidation sites excluding steroid dienone is 1. The zero-order valence-electron chi connectivity index (χ0n) is 15.3. The molecule has 1 N–H and O–H groups in total. The molecule has 1 atom stereocenters. The summed E-state index contributed by atoms with van der Waals surface area (Å²) in [4.78, 5) is 1.89. The highest BCUT2D eigenvalue weighted by Gasteiger charge is 2.42. The van der Waals surface area contributed by atoms with Gasteiger partial charge in [-0.25, -0.2) is 4.39 Å². The van der Waals surface area contributed by atoms with E-state index in [0.717, 1.165) is 24.8 Å². The molecule has 2 aliphatic rings. The Morgan fingerprint density at radius 3 is 2.54 bits per heavy atom. The van der Waals surface area contributed by atoms with Gasteiger partial charge in [-0.15, -0.1) is 0 Å². The number of benzene rings is 1. The van der Waals surface area contributed by atoms with Crippen LogP contribution in [0, 0.1) is 11.2 Å². The molecule has 0 radical (unpaired) electrons. The summed E-state index contributed by atoms with van der Waals surface area (Å²) in [5, 5.41) is 2.56. The molecule has 144 valence electrons. The predicted molar refractivity (Wildman–Crippen MR) is 95.2 cm³/mol. The van der Waals surface area contributed by atoms with Crippen LogP contribution in [0.1, 0.15) is 38.7 Å². The lowest BCUT2D eigenvalue weighted by Gasteiger charge is -2.38. The number of nitrogens with zero attached hydrogens (tertiary/aromatic N) is 1. The molecular formula is C20H26F4N2. The van der Waals surface area contributed by atoms with Crippen molar-refractivity contribution in [3.63, 3.8) is 0 Å². The van der Waals surface area contributed by atoms with Crippen LogP contribution in [0.3, 0.4) is 0 Å². The van der Waals surface area contributed by atoms with Crippen molar-refractivity contribution < 1.29 is 17.6 Å². The number of halogens is 4. The van der Waals surface area contributed by atoms with Gasteiger partial charge < -0.3 is 5.32 Å². The molecular weight excluding hydrogens is 344 g/mol. The van der Waals surface area contributed by atoms with Crippen LogP contribution in [-0.4, -0.2) is 43.3 Å². The number of piperazine rings is 1. The summed E-state index contributed by atoms with van der Waals surface area (Å²) in [6.07, 6.45) is -1.47. The zero-order chi connectivity index (χ0) is 18.9. The molecule has 2 nitrogen and oxygen atoms in total. The number of hydrogen-bond acceptors (Lipinski definition) is 2. The van der Waals surface area contributed by atoms with Crippen LogP contribution in [0.5, 0.6) is 0 Å². The summed E-state index contributed by atoms with van der Waals surface area (Å²) in [5.41, 5.74) is 3.49. The number of alkyl halides is 3. The fourth-order valence-corrected chi connectivity index (χ4v) is 3.91. The van der Waals surface area contributed by atoms with Crippen LogP contribution in [0.15, 0.2) is 29.8 Å². The van der Waals surface area contributed by atoms with Crippen molar-refractivity contribution >= 4 is 5.57 Å². The van der Waals surface area contributed by atoms with Crippen molar-refractivity contribution in [2.24, 2.45) is 5.41 Å². The second kappa shape index (κ2) is 7.31. The molecule has 1 aliphatic carbocycles. The molecule has 0 amide bonds. The van der Waals surface area contributed by atoms with Gasteiger partial charge in [0.05, 0.1) is 0 Å². The van der Waals surface area contributed by atoms with Crippen molar-refractivity contribution in [3.8, 4) is 0 Å². The molecule has 0 bridgehead atoms.